The summed E-state index contributed by atoms with van der Waals surface area (Å²) in [7, 11) is 2.96. The minimum atomic E-state index is -0.827. The summed E-state index contributed by atoms with van der Waals surface area (Å²) in [6.45, 7) is -0.567. The number of para-hydroxylation sites is 1. The zero-order valence-electron chi connectivity index (χ0n) is 18.7. The summed E-state index contributed by atoms with van der Waals surface area (Å²) in [5.41, 5.74) is 0.864. The van der Waals surface area contributed by atoms with E-state index in [0.29, 0.717) is 17.2 Å². The van der Waals surface area contributed by atoms with Gasteiger partial charge in [0.25, 0.3) is 17.7 Å². The van der Waals surface area contributed by atoms with Crippen LogP contribution in [0.5, 0.6) is 11.5 Å². The van der Waals surface area contributed by atoms with Gasteiger partial charge in [0.1, 0.15) is 0 Å². The number of hydrogen-bond acceptors (Lipinski definition) is 7. The Morgan fingerprint density at radius 2 is 1.60 bits per heavy atom. The van der Waals surface area contributed by atoms with E-state index >= 15 is 0 Å². The summed E-state index contributed by atoms with van der Waals surface area (Å²) in [5, 5.41) is 2.83. The van der Waals surface area contributed by atoms with Gasteiger partial charge in [0.2, 0.25) is 0 Å². The molecule has 1 heterocycles. The number of halogens is 1. The Labute approximate surface area is 205 Å². The lowest BCUT2D eigenvalue weighted by molar-refractivity contribution is -0.119. The Morgan fingerprint density at radius 1 is 0.886 bits per heavy atom. The van der Waals surface area contributed by atoms with Crippen LogP contribution in [0.4, 0.5) is 11.4 Å². The Balaban J connectivity index is 1.43. The van der Waals surface area contributed by atoms with Gasteiger partial charge in [-0.25, -0.2) is 9.69 Å². The Hall–Kier alpha value is -4.37. The highest BCUT2D eigenvalue weighted by atomic mass is 35.5. The molecule has 0 bridgehead atoms. The van der Waals surface area contributed by atoms with Crippen molar-refractivity contribution in [2.75, 3.05) is 31.0 Å². The van der Waals surface area contributed by atoms with Crippen LogP contribution in [0.2, 0.25) is 5.02 Å². The van der Waals surface area contributed by atoms with Gasteiger partial charge in [-0.05, 0) is 42.5 Å². The van der Waals surface area contributed by atoms with E-state index in [4.69, 9.17) is 25.8 Å². The van der Waals surface area contributed by atoms with Crippen LogP contribution >= 0.6 is 11.6 Å². The molecule has 0 saturated carbocycles. The lowest BCUT2D eigenvalue weighted by Crippen LogP contribution is -2.29. The zero-order valence-corrected chi connectivity index (χ0v) is 19.4. The highest BCUT2D eigenvalue weighted by molar-refractivity contribution is 6.39. The number of imide groups is 1. The first-order valence-electron chi connectivity index (χ1n) is 10.3. The summed E-state index contributed by atoms with van der Waals surface area (Å²) in [6, 6.07) is 15.2. The first kappa shape index (κ1) is 23.8. The van der Waals surface area contributed by atoms with Crippen LogP contribution in [0.25, 0.3) is 0 Å². The number of ether oxygens (including phenoxy) is 3. The smallest absolute Gasteiger partial charge is 0.338 e. The number of nitrogens with zero attached hydrogens (tertiary/aromatic N) is 1. The first-order valence-corrected chi connectivity index (χ1v) is 10.7. The fourth-order valence-corrected chi connectivity index (χ4v) is 3.77. The third-order valence-electron chi connectivity index (χ3n) is 5.22. The number of esters is 1. The molecule has 3 aromatic carbocycles. The van der Waals surface area contributed by atoms with Gasteiger partial charge < -0.3 is 19.5 Å². The zero-order chi connectivity index (χ0) is 25.1. The third kappa shape index (κ3) is 4.67. The molecule has 1 aliphatic heterocycles. The predicted molar refractivity (Wildman–Crippen MR) is 127 cm³/mol. The number of methoxy groups -OCH3 is 2. The number of anilines is 2. The molecule has 0 aliphatic carbocycles. The number of carbonyl (C=O) groups excluding carboxylic acids is 4. The number of nitrogens with one attached hydrogen (secondary N) is 1. The van der Waals surface area contributed by atoms with E-state index < -0.39 is 30.3 Å². The van der Waals surface area contributed by atoms with E-state index in [-0.39, 0.29) is 27.4 Å². The van der Waals surface area contributed by atoms with Crippen molar-refractivity contribution in [3.63, 3.8) is 0 Å². The molecule has 0 fully saturated rings. The molecule has 0 saturated heterocycles. The molecule has 35 heavy (non-hydrogen) atoms. The van der Waals surface area contributed by atoms with E-state index in [1.54, 1.807) is 42.5 Å². The number of hydrogen-bond donors (Lipinski definition) is 1. The van der Waals surface area contributed by atoms with Gasteiger partial charge >= 0.3 is 5.97 Å². The lowest BCUT2D eigenvalue weighted by atomic mass is 10.1. The standard InChI is InChI=1S/C25H19ClN2O7/c1-33-20-10-8-15(12-21(20)34-2)27-22(29)13-35-25(32)14-7-9-16-17(11-14)24(31)28(23(16)30)19-6-4-3-5-18(19)26/h3-12H,13H2,1-2H3,(H,27,29). The summed E-state index contributed by atoms with van der Waals surface area (Å²) >= 11 is 6.15. The van der Waals surface area contributed by atoms with Crippen molar-refractivity contribution in [3.8, 4) is 11.5 Å². The number of fused-ring (bicyclic) bond motifs is 1. The molecule has 0 radical (unpaired) electrons. The van der Waals surface area contributed by atoms with Gasteiger partial charge in [-0.1, -0.05) is 23.7 Å². The topological polar surface area (TPSA) is 111 Å². The normalized spacial score (nSPS) is 12.3. The summed E-state index contributed by atoms with van der Waals surface area (Å²) in [5.74, 6) is -1.65. The minimum absolute atomic E-state index is 0.0184. The van der Waals surface area contributed by atoms with Crippen molar-refractivity contribution in [2.24, 2.45) is 0 Å². The summed E-state index contributed by atoms with van der Waals surface area (Å²) in [6.07, 6.45) is 0. The quantitative estimate of drug-likeness (QED) is 0.391. The Morgan fingerprint density at radius 3 is 2.31 bits per heavy atom. The van der Waals surface area contributed by atoms with Crippen LogP contribution in [0, 0.1) is 0 Å². The van der Waals surface area contributed by atoms with Crippen LogP contribution in [-0.4, -0.2) is 44.5 Å². The number of benzene rings is 3. The molecule has 4 rings (SSSR count). The van der Waals surface area contributed by atoms with Crippen molar-refractivity contribution in [1.29, 1.82) is 0 Å². The fourth-order valence-electron chi connectivity index (χ4n) is 3.55. The summed E-state index contributed by atoms with van der Waals surface area (Å²) in [4.78, 5) is 51.4. The van der Waals surface area contributed by atoms with Crippen molar-refractivity contribution in [2.45, 2.75) is 0 Å². The number of rotatable bonds is 7. The van der Waals surface area contributed by atoms with Gasteiger partial charge in [0.05, 0.1) is 41.6 Å². The molecule has 0 aromatic heterocycles. The van der Waals surface area contributed by atoms with Crippen LogP contribution in [0.15, 0.2) is 60.7 Å². The van der Waals surface area contributed by atoms with E-state index in [1.807, 2.05) is 0 Å². The predicted octanol–water partition coefficient (Wildman–Crippen LogP) is 3.95. The maximum Gasteiger partial charge on any atom is 0.338 e. The van der Waals surface area contributed by atoms with Crippen LogP contribution < -0.4 is 19.7 Å². The van der Waals surface area contributed by atoms with E-state index in [1.165, 1.54) is 32.4 Å². The Bertz CT molecular complexity index is 1360. The molecular formula is C25H19ClN2O7. The molecular weight excluding hydrogens is 476 g/mol. The molecule has 3 amide bonds. The minimum Gasteiger partial charge on any atom is -0.493 e. The molecule has 0 spiro atoms. The van der Waals surface area contributed by atoms with Crippen LogP contribution in [0.3, 0.4) is 0 Å². The average molecular weight is 495 g/mol. The maximum atomic E-state index is 12.9. The highest BCUT2D eigenvalue weighted by Gasteiger charge is 2.38. The molecule has 10 heteroatoms. The van der Waals surface area contributed by atoms with Crippen molar-refractivity contribution in [3.05, 3.63) is 82.4 Å². The first-order chi connectivity index (χ1) is 16.8. The molecule has 0 atom stereocenters. The van der Waals surface area contributed by atoms with Gasteiger partial charge in [0, 0.05) is 11.8 Å². The Kier molecular flexibility index (Phi) is 6.70. The second kappa shape index (κ2) is 9.86. The van der Waals surface area contributed by atoms with Crippen LogP contribution in [-0.2, 0) is 9.53 Å². The molecule has 1 N–H and O–H groups in total. The van der Waals surface area contributed by atoms with Gasteiger partial charge in [-0.15, -0.1) is 0 Å². The fraction of sp³-hybridized carbons (Fsp3) is 0.120. The molecule has 0 unspecified atom stereocenters. The third-order valence-corrected chi connectivity index (χ3v) is 5.54. The van der Waals surface area contributed by atoms with Crippen molar-refractivity contribution >= 4 is 46.7 Å². The van der Waals surface area contributed by atoms with Crippen LogP contribution in [0.1, 0.15) is 31.1 Å². The molecule has 178 valence electrons. The molecule has 9 nitrogen and oxygen atoms in total. The average Bonchev–Trinajstić information content (AvgIpc) is 3.11. The number of carbonyl (C=O) groups is 4. The van der Waals surface area contributed by atoms with Crippen molar-refractivity contribution in [1.82, 2.24) is 0 Å². The highest BCUT2D eigenvalue weighted by Crippen LogP contribution is 2.33. The van der Waals surface area contributed by atoms with Gasteiger partial charge in [-0.3, -0.25) is 14.4 Å². The lowest BCUT2D eigenvalue weighted by Gasteiger charge is -2.15. The molecule has 3 aromatic rings. The maximum absolute atomic E-state index is 12.9. The monoisotopic (exact) mass is 494 g/mol. The van der Waals surface area contributed by atoms with Crippen molar-refractivity contribution < 1.29 is 33.4 Å². The second-order valence-electron chi connectivity index (χ2n) is 7.35. The van der Waals surface area contributed by atoms with E-state index in [2.05, 4.69) is 5.32 Å². The van der Waals surface area contributed by atoms with Gasteiger partial charge in [0.15, 0.2) is 18.1 Å². The van der Waals surface area contributed by atoms with Gasteiger partial charge in [-0.2, -0.15) is 0 Å². The van der Waals surface area contributed by atoms with E-state index in [0.717, 1.165) is 4.90 Å². The van der Waals surface area contributed by atoms with E-state index in [9.17, 15) is 19.2 Å². The largest absolute Gasteiger partial charge is 0.493 e. The molecule has 1 aliphatic rings. The summed E-state index contributed by atoms with van der Waals surface area (Å²) < 4.78 is 15.4. The second-order valence-corrected chi connectivity index (χ2v) is 7.76. The SMILES string of the molecule is COc1ccc(NC(=O)COC(=O)c2ccc3c(c2)C(=O)N(c2ccccc2Cl)C3=O)cc1OC. The number of amides is 3.